The van der Waals surface area contributed by atoms with Crippen LogP contribution in [-0.2, 0) is 5.41 Å². The largest absolute Gasteiger partial charge is 0.329 e. The summed E-state index contributed by atoms with van der Waals surface area (Å²) >= 11 is 0. The van der Waals surface area contributed by atoms with Gasteiger partial charge in [0.15, 0.2) is 0 Å². The molecular weight excluding hydrogens is 220 g/mol. The topological polar surface area (TPSA) is 38.0 Å². The van der Waals surface area contributed by atoms with Gasteiger partial charge in [-0.2, -0.15) is 0 Å². The van der Waals surface area contributed by atoms with Crippen molar-refractivity contribution in [2.45, 2.75) is 50.0 Å². The van der Waals surface area contributed by atoms with Crippen LogP contribution >= 0.6 is 0 Å². The third-order valence-electron chi connectivity index (χ3n) is 4.88. The third-order valence-corrected chi connectivity index (χ3v) is 4.88. The molecule has 1 heterocycles. The molecule has 3 rings (SSSR count). The molecule has 3 N–H and O–H groups in total. The number of nitrogens with two attached hydrogens (primary N) is 1. The average molecular weight is 244 g/mol. The van der Waals surface area contributed by atoms with Gasteiger partial charge in [-0.15, -0.1) is 0 Å². The van der Waals surface area contributed by atoms with Crippen molar-refractivity contribution in [3.8, 4) is 0 Å². The Morgan fingerprint density at radius 1 is 1.22 bits per heavy atom. The van der Waals surface area contributed by atoms with E-state index in [0.717, 1.165) is 13.1 Å². The molecule has 0 bridgehead atoms. The van der Waals surface area contributed by atoms with E-state index in [9.17, 15) is 0 Å². The van der Waals surface area contributed by atoms with Gasteiger partial charge in [-0.3, -0.25) is 0 Å². The molecule has 2 aliphatic rings. The van der Waals surface area contributed by atoms with Crippen LogP contribution in [0.4, 0.5) is 0 Å². The molecule has 18 heavy (non-hydrogen) atoms. The van der Waals surface area contributed by atoms with Crippen molar-refractivity contribution in [3.05, 3.63) is 35.4 Å². The fourth-order valence-electron chi connectivity index (χ4n) is 3.03. The van der Waals surface area contributed by atoms with E-state index in [0.29, 0.717) is 17.4 Å². The Bertz CT molecular complexity index is 398. The van der Waals surface area contributed by atoms with E-state index in [4.69, 9.17) is 5.73 Å². The van der Waals surface area contributed by atoms with E-state index >= 15 is 0 Å². The molecule has 2 unspecified atom stereocenters. The predicted molar refractivity (Wildman–Crippen MR) is 75.8 cm³/mol. The van der Waals surface area contributed by atoms with E-state index < -0.39 is 0 Å². The van der Waals surface area contributed by atoms with Gasteiger partial charge < -0.3 is 11.1 Å². The molecule has 1 saturated carbocycles. The van der Waals surface area contributed by atoms with Crippen LogP contribution in [0.15, 0.2) is 24.3 Å². The highest BCUT2D eigenvalue weighted by Gasteiger charge is 2.38. The standard InChI is InChI=1S/C16H24N2/c1-16(8-9-16)14-5-2-12(3-6-14)13-4-7-15(10-17)18-11-13/h2-3,5-6,13,15,18H,4,7-11,17H2,1H3. The molecule has 1 aliphatic heterocycles. The van der Waals surface area contributed by atoms with Crippen molar-refractivity contribution >= 4 is 0 Å². The van der Waals surface area contributed by atoms with Crippen molar-refractivity contribution in [3.63, 3.8) is 0 Å². The fraction of sp³-hybridized carbons (Fsp3) is 0.625. The molecule has 0 amide bonds. The number of hydrogen-bond acceptors (Lipinski definition) is 2. The summed E-state index contributed by atoms with van der Waals surface area (Å²) in [7, 11) is 0. The number of hydrogen-bond donors (Lipinski definition) is 2. The molecule has 2 heteroatoms. The first kappa shape index (κ1) is 12.2. The van der Waals surface area contributed by atoms with E-state index in [1.807, 2.05) is 0 Å². The SMILES string of the molecule is CC1(c2ccc(C3CCC(CN)NC3)cc2)CC1. The smallest absolute Gasteiger partial charge is 0.0190 e. The van der Waals surface area contributed by atoms with Gasteiger partial charge >= 0.3 is 0 Å². The Labute approximate surface area is 110 Å². The zero-order valence-electron chi connectivity index (χ0n) is 11.3. The van der Waals surface area contributed by atoms with Crippen molar-refractivity contribution < 1.29 is 0 Å². The van der Waals surface area contributed by atoms with E-state index in [2.05, 4.69) is 36.5 Å². The Hall–Kier alpha value is -0.860. The van der Waals surface area contributed by atoms with Crippen LogP contribution in [0, 0.1) is 0 Å². The van der Waals surface area contributed by atoms with Crippen LogP contribution in [-0.4, -0.2) is 19.1 Å². The van der Waals surface area contributed by atoms with Gasteiger partial charge in [0.05, 0.1) is 0 Å². The zero-order valence-corrected chi connectivity index (χ0v) is 11.3. The van der Waals surface area contributed by atoms with Gasteiger partial charge in [0.2, 0.25) is 0 Å². The number of piperidine rings is 1. The predicted octanol–water partition coefficient (Wildman–Crippen LogP) is 2.53. The maximum absolute atomic E-state index is 5.70. The van der Waals surface area contributed by atoms with Crippen molar-refractivity contribution in [2.75, 3.05) is 13.1 Å². The monoisotopic (exact) mass is 244 g/mol. The molecule has 1 aromatic rings. The lowest BCUT2D eigenvalue weighted by molar-refractivity contribution is 0.371. The molecule has 2 nitrogen and oxygen atoms in total. The highest BCUT2D eigenvalue weighted by atomic mass is 14.9. The Kier molecular flexibility index (Phi) is 3.16. The van der Waals surface area contributed by atoms with Crippen molar-refractivity contribution in [1.29, 1.82) is 0 Å². The van der Waals surface area contributed by atoms with Crippen LogP contribution in [0.1, 0.15) is 49.7 Å². The minimum Gasteiger partial charge on any atom is -0.329 e. The summed E-state index contributed by atoms with van der Waals surface area (Å²) < 4.78 is 0. The van der Waals surface area contributed by atoms with Gasteiger partial charge in [-0.1, -0.05) is 31.2 Å². The fourth-order valence-corrected chi connectivity index (χ4v) is 3.03. The number of rotatable bonds is 3. The first-order chi connectivity index (χ1) is 8.71. The second kappa shape index (κ2) is 4.67. The highest BCUT2D eigenvalue weighted by molar-refractivity contribution is 5.34. The molecule has 0 spiro atoms. The van der Waals surface area contributed by atoms with Crippen molar-refractivity contribution in [2.24, 2.45) is 5.73 Å². The van der Waals surface area contributed by atoms with Crippen LogP contribution in [0.2, 0.25) is 0 Å². The summed E-state index contributed by atoms with van der Waals surface area (Å²) in [4.78, 5) is 0. The quantitative estimate of drug-likeness (QED) is 0.857. The lowest BCUT2D eigenvalue weighted by Crippen LogP contribution is -2.42. The summed E-state index contributed by atoms with van der Waals surface area (Å²) in [6.07, 6.45) is 5.19. The van der Waals surface area contributed by atoms with Crippen LogP contribution in [0.5, 0.6) is 0 Å². The lowest BCUT2D eigenvalue weighted by Gasteiger charge is -2.29. The zero-order chi connectivity index (χ0) is 12.6. The van der Waals surface area contributed by atoms with Gasteiger partial charge in [0, 0.05) is 19.1 Å². The Morgan fingerprint density at radius 2 is 1.94 bits per heavy atom. The summed E-state index contributed by atoms with van der Waals surface area (Å²) in [5.74, 6) is 0.675. The van der Waals surface area contributed by atoms with Gasteiger partial charge in [0.25, 0.3) is 0 Å². The average Bonchev–Trinajstić information content (AvgIpc) is 3.18. The Balaban J connectivity index is 1.66. The summed E-state index contributed by atoms with van der Waals surface area (Å²) in [5, 5.41) is 3.55. The van der Waals surface area contributed by atoms with E-state index in [1.165, 1.54) is 36.8 Å². The van der Waals surface area contributed by atoms with E-state index in [1.54, 1.807) is 0 Å². The van der Waals surface area contributed by atoms with Gasteiger partial charge in [-0.25, -0.2) is 0 Å². The maximum atomic E-state index is 5.70. The first-order valence-electron chi connectivity index (χ1n) is 7.25. The number of nitrogens with one attached hydrogen (secondary N) is 1. The maximum Gasteiger partial charge on any atom is 0.0190 e. The summed E-state index contributed by atoms with van der Waals surface area (Å²) in [6.45, 7) is 4.22. The van der Waals surface area contributed by atoms with Crippen LogP contribution < -0.4 is 11.1 Å². The molecular formula is C16H24N2. The molecule has 1 saturated heterocycles. The highest BCUT2D eigenvalue weighted by Crippen LogP contribution is 2.47. The molecule has 1 aliphatic carbocycles. The Morgan fingerprint density at radius 3 is 2.44 bits per heavy atom. The lowest BCUT2D eigenvalue weighted by atomic mass is 9.87. The van der Waals surface area contributed by atoms with Crippen LogP contribution in [0.3, 0.4) is 0 Å². The molecule has 1 aromatic carbocycles. The number of benzene rings is 1. The third kappa shape index (κ3) is 2.32. The normalized spacial score (nSPS) is 30.1. The summed E-state index contributed by atoms with van der Waals surface area (Å²) in [5.41, 5.74) is 9.21. The van der Waals surface area contributed by atoms with Crippen LogP contribution in [0.25, 0.3) is 0 Å². The van der Waals surface area contributed by atoms with Gasteiger partial charge in [0.1, 0.15) is 0 Å². The second-order valence-corrected chi connectivity index (χ2v) is 6.30. The minimum atomic E-state index is 0.494. The second-order valence-electron chi connectivity index (χ2n) is 6.30. The minimum absolute atomic E-state index is 0.494. The van der Waals surface area contributed by atoms with E-state index in [-0.39, 0.29) is 0 Å². The molecule has 2 atom stereocenters. The van der Waals surface area contributed by atoms with Gasteiger partial charge in [-0.05, 0) is 48.1 Å². The molecule has 0 aromatic heterocycles. The molecule has 0 radical (unpaired) electrons. The van der Waals surface area contributed by atoms with Crippen molar-refractivity contribution in [1.82, 2.24) is 5.32 Å². The summed E-state index contributed by atoms with van der Waals surface area (Å²) in [6, 6.07) is 9.91. The molecule has 98 valence electrons. The molecule has 2 fully saturated rings. The first-order valence-corrected chi connectivity index (χ1v) is 7.25.